The lowest BCUT2D eigenvalue weighted by atomic mass is 10.1. The van der Waals surface area contributed by atoms with Crippen molar-refractivity contribution in [2.45, 2.75) is 13.8 Å². The molecule has 4 nitrogen and oxygen atoms in total. The van der Waals surface area contributed by atoms with Crippen LogP contribution in [0, 0.1) is 13.8 Å². The van der Waals surface area contributed by atoms with Gasteiger partial charge in [0, 0.05) is 31.7 Å². The second-order valence-electron chi connectivity index (χ2n) is 6.55. The van der Waals surface area contributed by atoms with Crippen molar-refractivity contribution in [1.82, 2.24) is 9.88 Å². The van der Waals surface area contributed by atoms with Crippen molar-refractivity contribution in [3.05, 3.63) is 59.2 Å². The van der Waals surface area contributed by atoms with E-state index in [4.69, 9.17) is 4.98 Å². The Kier molecular flexibility index (Phi) is 4.17. The number of fused-ring (bicyclic) bond motifs is 1. The first-order valence-electron chi connectivity index (χ1n) is 8.59. The lowest BCUT2D eigenvalue weighted by Crippen LogP contribution is -2.48. The van der Waals surface area contributed by atoms with Gasteiger partial charge in [0.25, 0.3) is 5.91 Å². The van der Waals surface area contributed by atoms with Gasteiger partial charge in [0.05, 0.1) is 10.2 Å². The van der Waals surface area contributed by atoms with E-state index < -0.39 is 0 Å². The van der Waals surface area contributed by atoms with E-state index in [-0.39, 0.29) is 5.91 Å². The third-order valence-electron chi connectivity index (χ3n) is 4.85. The quantitative estimate of drug-likeness (QED) is 0.703. The van der Waals surface area contributed by atoms with Crippen molar-refractivity contribution in [2.75, 3.05) is 31.1 Å². The number of thiazole rings is 1. The standard InChI is InChI=1S/C20H21N3OS/c1-14-12-17-18(13-15(14)2)25-20(21-17)23-10-8-22(9-11-23)19(24)16-6-4-3-5-7-16/h3-7,12-13H,8-11H2,1-2H3. The molecule has 2 heterocycles. The van der Waals surface area contributed by atoms with Crippen molar-refractivity contribution in [2.24, 2.45) is 0 Å². The van der Waals surface area contributed by atoms with Gasteiger partial charge in [-0.15, -0.1) is 0 Å². The molecule has 0 spiro atoms. The zero-order valence-electron chi connectivity index (χ0n) is 14.5. The second kappa shape index (κ2) is 6.48. The fraction of sp³-hybridized carbons (Fsp3) is 0.300. The summed E-state index contributed by atoms with van der Waals surface area (Å²) < 4.78 is 1.24. The van der Waals surface area contributed by atoms with Crippen molar-refractivity contribution < 1.29 is 4.79 Å². The molecule has 0 saturated carbocycles. The van der Waals surface area contributed by atoms with Crippen LogP contribution in [0.1, 0.15) is 21.5 Å². The molecule has 1 aliphatic rings. The highest BCUT2D eigenvalue weighted by molar-refractivity contribution is 7.22. The molecule has 1 fully saturated rings. The van der Waals surface area contributed by atoms with Gasteiger partial charge >= 0.3 is 0 Å². The SMILES string of the molecule is Cc1cc2nc(N3CCN(C(=O)c4ccccc4)CC3)sc2cc1C. The fourth-order valence-corrected chi connectivity index (χ4v) is 4.26. The van der Waals surface area contributed by atoms with Crippen molar-refractivity contribution >= 4 is 32.6 Å². The van der Waals surface area contributed by atoms with Crippen molar-refractivity contribution in [3.63, 3.8) is 0 Å². The maximum atomic E-state index is 12.6. The Hall–Kier alpha value is -2.40. The molecule has 128 valence electrons. The number of aryl methyl sites for hydroxylation is 2. The number of carbonyl (C=O) groups excluding carboxylic acids is 1. The van der Waals surface area contributed by atoms with Gasteiger partial charge in [0.15, 0.2) is 5.13 Å². The largest absolute Gasteiger partial charge is 0.345 e. The number of anilines is 1. The van der Waals surface area contributed by atoms with Gasteiger partial charge in [-0.25, -0.2) is 4.98 Å². The van der Waals surface area contributed by atoms with Crippen LogP contribution in [-0.4, -0.2) is 42.0 Å². The Morgan fingerprint density at radius 2 is 1.68 bits per heavy atom. The number of carbonyl (C=O) groups is 1. The number of benzene rings is 2. The molecular formula is C20H21N3OS. The van der Waals surface area contributed by atoms with E-state index >= 15 is 0 Å². The van der Waals surface area contributed by atoms with Crippen LogP contribution in [-0.2, 0) is 0 Å². The van der Waals surface area contributed by atoms with E-state index in [0.717, 1.165) is 42.4 Å². The molecular weight excluding hydrogens is 330 g/mol. The summed E-state index contributed by atoms with van der Waals surface area (Å²) >= 11 is 1.74. The van der Waals surface area contributed by atoms with Gasteiger partial charge in [-0.3, -0.25) is 4.79 Å². The van der Waals surface area contributed by atoms with Gasteiger partial charge < -0.3 is 9.80 Å². The maximum absolute atomic E-state index is 12.6. The Morgan fingerprint density at radius 1 is 1.00 bits per heavy atom. The number of piperazine rings is 1. The highest BCUT2D eigenvalue weighted by Crippen LogP contribution is 2.31. The van der Waals surface area contributed by atoms with Crippen LogP contribution in [0.3, 0.4) is 0 Å². The van der Waals surface area contributed by atoms with Crippen LogP contribution in [0.2, 0.25) is 0 Å². The van der Waals surface area contributed by atoms with Gasteiger partial charge in [-0.2, -0.15) is 0 Å². The summed E-state index contributed by atoms with van der Waals surface area (Å²) in [5.74, 6) is 0.121. The normalized spacial score (nSPS) is 15.0. The van der Waals surface area contributed by atoms with E-state index in [9.17, 15) is 4.79 Å². The Labute approximate surface area is 151 Å². The lowest BCUT2D eigenvalue weighted by molar-refractivity contribution is 0.0747. The minimum absolute atomic E-state index is 0.121. The summed E-state index contributed by atoms with van der Waals surface area (Å²) in [6.45, 7) is 7.40. The third-order valence-corrected chi connectivity index (χ3v) is 5.93. The summed E-state index contributed by atoms with van der Waals surface area (Å²) in [6, 6.07) is 13.9. The molecule has 5 heteroatoms. The molecule has 1 aliphatic heterocycles. The molecule has 0 bridgehead atoms. The summed E-state index contributed by atoms with van der Waals surface area (Å²) in [6.07, 6.45) is 0. The van der Waals surface area contributed by atoms with Crippen LogP contribution in [0.5, 0.6) is 0 Å². The molecule has 0 aliphatic carbocycles. The van der Waals surface area contributed by atoms with Gasteiger partial charge in [-0.1, -0.05) is 29.5 Å². The summed E-state index contributed by atoms with van der Waals surface area (Å²) in [5.41, 5.74) is 4.43. The number of amides is 1. The predicted molar refractivity (Wildman–Crippen MR) is 104 cm³/mol. The van der Waals surface area contributed by atoms with E-state index in [0.29, 0.717) is 0 Å². The smallest absolute Gasteiger partial charge is 0.253 e. The van der Waals surface area contributed by atoms with Crippen LogP contribution in [0.25, 0.3) is 10.2 Å². The minimum atomic E-state index is 0.121. The number of hydrogen-bond donors (Lipinski definition) is 0. The molecule has 25 heavy (non-hydrogen) atoms. The Bertz CT molecular complexity index is 872. The monoisotopic (exact) mass is 351 g/mol. The first-order chi connectivity index (χ1) is 12.1. The fourth-order valence-electron chi connectivity index (χ4n) is 3.17. The highest BCUT2D eigenvalue weighted by Gasteiger charge is 2.23. The zero-order valence-corrected chi connectivity index (χ0v) is 15.3. The molecule has 1 aromatic heterocycles. The van der Waals surface area contributed by atoms with Gasteiger partial charge in [0.2, 0.25) is 0 Å². The second-order valence-corrected chi connectivity index (χ2v) is 7.56. The molecule has 0 N–H and O–H groups in total. The maximum Gasteiger partial charge on any atom is 0.253 e. The lowest BCUT2D eigenvalue weighted by Gasteiger charge is -2.34. The molecule has 1 saturated heterocycles. The summed E-state index contributed by atoms with van der Waals surface area (Å²) in [7, 11) is 0. The highest BCUT2D eigenvalue weighted by atomic mass is 32.1. The minimum Gasteiger partial charge on any atom is -0.345 e. The van der Waals surface area contributed by atoms with Crippen LogP contribution in [0.15, 0.2) is 42.5 Å². The number of rotatable bonds is 2. The molecule has 0 unspecified atom stereocenters. The van der Waals surface area contributed by atoms with Gasteiger partial charge in [-0.05, 0) is 49.2 Å². The average molecular weight is 351 g/mol. The van der Waals surface area contributed by atoms with E-state index in [1.807, 2.05) is 35.2 Å². The molecule has 3 aromatic rings. The number of aromatic nitrogens is 1. The van der Waals surface area contributed by atoms with E-state index in [2.05, 4.69) is 30.9 Å². The first kappa shape index (κ1) is 16.1. The third kappa shape index (κ3) is 3.12. The van der Waals surface area contributed by atoms with Crippen LogP contribution < -0.4 is 4.90 Å². The number of hydrogen-bond acceptors (Lipinski definition) is 4. The Balaban J connectivity index is 1.48. The zero-order chi connectivity index (χ0) is 17.4. The summed E-state index contributed by atoms with van der Waals surface area (Å²) in [4.78, 5) is 21.6. The summed E-state index contributed by atoms with van der Waals surface area (Å²) in [5, 5.41) is 1.06. The molecule has 0 radical (unpaired) electrons. The predicted octanol–water partition coefficient (Wildman–Crippen LogP) is 3.88. The topological polar surface area (TPSA) is 36.4 Å². The van der Waals surface area contributed by atoms with Crippen LogP contribution in [0.4, 0.5) is 5.13 Å². The Morgan fingerprint density at radius 3 is 2.40 bits per heavy atom. The van der Waals surface area contributed by atoms with E-state index in [1.54, 1.807) is 11.3 Å². The first-order valence-corrected chi connectivity index (χ1v) is 9.40. The number of nitrogens with zero attached hydrogens (tertiary/aromatic N) is 3. The van der Waals surface area contributed by atoms with Crippen LogP contribution >= 0.6 is 11.3 Å². The van der Waals surface area contributed by atoms with Crippen molar-refractivity contribution in [3.8, 4) is 0 Å². The molecule has 0 atom stereocenters. The molecule has 2 aromatic carbocycles. The molecule has 1 amide bonds. The van der Waals surface area contributed by atoms with Crippen molar-refractivity contribution in [1.29, 1.82) is 0 Å². The van der Waals surface area contributed by atoms with E-state index in [1.165, 1.54) is 15.8 Å². The molecule has 4 rings (SSSR count). The van der Waals surface area contributed by atoms with Gasteiger partial charge in [0.1, 0.15) is 0 Å². The average Bonchev–Trinajstić information content (AvgIpc) is 3.05.